The molecule has 0 aliphatic rings. The summed E-state index contributed by atoms with van der Waals surface area (Å²) >= 11 is 0. The number of benzene rings is 7. The zero-order chi connectivity index (χ0) is 57.2. The molecule has 0 atom stereocenters. The lowest BCUT2D eigenvalue weighted by Gasteiger charge is -2.35. The Balaban J connectivity index is 1.21. The van der Waals surface area contributed by atoms with Crippen LogP contribution < -0.4 is 14.2 Å². The van der Waals surface area contributed by atoms with Crippen molar-refractivity contribution in [2.45, 2.75) is 190 Å². The number of ether oxygens (including phenoxy) is 3. The maximum absolute atomic E-state index is 10.9. The minimum Gasteiger partial charge on any atom is -0.483 e. The maximum Gasteiger partial charge on any atom is 0.128 e. The third-order valence-electron chi connectivity index (χ3n) is 16.3. The minimum absolute atomic E-state index is 0.308. The molecule has 3 N–H and O–H groups in total. The molecule has 77 heavy (non-hydrogen) atoms. The van der Waals surface area contributed by atoms with Gasteiger partial charge in [-0.2, -0.15) is 0 Å². The molecular formula is C71H88O6. The third-order valence-corrected chi connectivity index (χ3v) is 16.3. The Morgan fingerprint density at radius 3 is 0.610 bits per heavy atom. The molecular weight excluding hydrogens is 949 g/mol. The highest BCUT2D eigenvalue weighted by atomic mass is 16.5. The molecule has 0 bridgehead atoms. The fourth-order valence-electron chi connectivity index (χ4n) is 12.5. The third kappa shape index (κ3) is 12.1. The van der Waals surface area contributed by atoms with Crippen molar-refractivity contribution in [3.8, 4) is 17.2 Å². The quantitative estimate of drug-likeness (QED) is 0.0788. The van der Waals surface area contributed by atoms with Gasteiger partial charge in [0.1, 0.15) is 34.1 Å². The summed E-state index contributed by atoms with van der Waals surface area (Å²) in [6, 6.07) is 47.9. The van der Waals surface area contributed by atoms with Crippen LogP contribution in [0.15, 0.2) is 133 Å². The normalized spacial score (nSPS) is 13.2. The minimum atomic E-state index is -0.954. The Labute approximate surface area is 462 Å². The summed E-state index contributed by atoms with van der Waals surface area (Å²) < 4.78 is 20.2. The number of aryl methyl sites for hydroxylation is 6. The van der Waals surface area contributed by atoms with E-state index in [2.05, 4.69) is 159 Å². The van der Waals surface area contributed by atoms with E-state index in [9.17, 15) is 15.3 Å². The van der Waals surface area contributed by atoms with Crippen LogP contribution in [0.4, 0.5) is 0 Å². The van der Waals surface area contributed by atoms with Crippen molar-refractivity contribution in [1.82, 2.24) is 0 Å². The number of aliphatic hydroxyl groups is 3. The van der Waals surface area contributed by atoms with Crippen LogP contribution in [0.3, 0.4) is 0 Å². The molecule has 0 aromatic heterocycles. The van der Waals surface area contributed by atoms with Gasteiger partial charge in [-0.05, 0) is 263 Å². The summed E-state index contributed by atoms with van der Waals surface area (Å²) in [5.41, 5.74) is 12.2. The molecule has 0 saturated heterocycles. The van der Waals surface area contributed by atoms with Crippen LogP contribution in [0.2, 0.25) is 0 Å². The lowest BCUT2D eigenvalue weighted by Crippen LogP contribution is -2.29. The van der Waals surface area contributed by atoms with Gasteiger partial charge in [0, 0.05) is 10.8 Å². The van der Waals surface area contributed by atoms with E-state index in [1.165, 1.54) is 11.1 Å². The van der Waals surface area contributed by atoms with E-state index in [-0.39, 0.29) is 5.41 Å². The van der Waals surface area contributed by atoms with Crippen LogP contribution in [-0.4, -0.2) is 15.3 Å². The first kappa shape index (κ1) is 58.5. The van der Waals surface area contributed by atoms with Crippen LogP contribution in [0.5, 0.6) is 17.2 Å². The molecule has 0 heterocycles. The number of rotatable bonds is 17. The first-order valence-corrected chi connectivity index (χ1v) is 27.4. The van der Waals surface area contributed by atoms with E-state index in [0.29, 0.717) is 0 Å². The van der Waals surface area contributed by atoms with Gasteiger partial charge in [-0.15, -0.1) is 0 Å². The van der Waals surface area contributed by atoms with Gasteiger partial charge in [0.05, 0.1) is 16.8 Å². The lowest BCUT2D eigenvalue weighted by molar-refractivity contribution is 0.0759. The van der Waals surface area contributed by atoms with E-state index in [1.807, 2.05) is 119 Å². The molecule has 0 spiro atoms. The van der Waals surface area contributed by atoms with E-state index in [1.54, 1.807) is 0 Å². The molecule has 0 aliphatic heterocycles. The summed E-state index contributed by atoms with van der Waals surface area (Å²) in [6.45, 7) is 42.6. The molecule has 0 aliphatic carbocycles. The molecule has 7 aromatic carbocycles. The smallest absolute Gasteiger partial charge is 0.128 e. The van der Waals surface area contributed by atoms with Gasteiger partial charge in [0.15, 0.2) is 0 Å². The predicted octanol–water partition coefficient (Wildman–Crippen LogP) is 16.8. The van der Waals surface area contributed by atoms with E-state index in [4.69, 9.17) is 14.2 Å². The summed E-state index contributed by atoms with van der Waals surface area (Å²) in [4.78, 5) is 0. The number of hydrogen-bond donors (Lipinski definition) is 3. The van der Waals surface area contributed by atoms with Crippen molar-refractivity contribution in [2.75, 3.05) is 0 Å². The second-order valence-corrected chi connectivity index (χ2v) is 25.9. The monoisotopic (exact) mass is 1040 g/mol. The first-order valence-electron chi connectivity index (χ1n) is 27.4. The standard InChI is InChI=1S/C71H88O6/c1-44-38-58(39-45(2)61(44)65(9,10)72)75-68(15,16)52-26-22-50(23-27-52)64(7,8)51-24-32-55(33-25-51)71(21,56-34-28-53(29-35-56)69(17,18)76-59-40-46(3)62(47(4)41-59)66(11,12)73)57-36-30-54(31-37-57)70(19,20)77-60-42-48(5)63(49(6)43-60)67(13,14)74/h22-43,72-74H,1-21H3. The number of hydrogen-bond acceptors (Lipinski definition) is 6. The SMILES string of the molecule is Cc1cc(OC(C)(C)c2ccc(C(C)(C)c3ccc(C(C)(c4ccc(C(C)(C)Oc5cc(C)c(C(C)(C)O)c(C)c5)cc4)c4ccc(C(C)(C)Oc5cc(C)c(C(C)(C)O)c(C)c5)cc4)cc3)cc2)cc(C)c1C(C)(C)O. The van der Waals surface area contributed by atoms with Gasteiger partial charge in [-0.1, -0.05) is 111 Å². The molecule has 0 radical (unpaired) electrons. The van der Waals surface area contributed by atoms with E-state index < -0.39 is 39.0 Å². The fourth-order valence-corrected chi connectivity index (χ4v) is 12.5. The summed E-state index contributed by atoms with van der Waals surface area (Å²) in [5, 5.41) is 32.6. The van der Waals surface area contributed by atoms with Crippen molar-refractivity contribution in [1.29, 1.82) is 0 Å². The highest BCUT2D eigenvalue weighted by Gasteiger charge is 2.36. The second kappa shape index (κ2) is 20.6. The Morgan fingerprint density at radius 1 is 0.260 bits per heavy atom. The zero-order valence-electron chi connectivity index (χ0n) is 50.3. The average Bonchev–Trinajstić information content (AvgIpc) is 3.29. The van der Waals surface area contributed by atoms with E-state index in [0.717, 1.165) is 101 Å². The predicted molar refractivity (Wildman–Crippen MR) is 318 cm³/mol. The maximum atomic E-state index is 10.9. The molecule has 0 fully saturated rings. The topological polar surface area (TPSA) is 88.4 Å². The summed E-state index contributed by atoms with van der Waals surface area (Å²) in [7, 11) is 0. The molecule has 7 aromatic rings. The molecule has 7 rings (SSSR count). The molecule has 6 heteroatoms. The Kier molecular flexibility index (Phi) is 15.6. The Hall–Kier alpha value is -6.18. The zero-order valence-corrected chi connectivity index (χ0v) is 50.3. The van der Waals surface area contributed by atoms with Gasteiger partial charge >= 0.3 is 0 Å². The highest BCUT2D eigenvalue weighted by Crippen LogP contribution is 2.44. The van der Waals surface area contributed by atoms with Crippen LogP contribution in [0, 0.1) is 41.5 Å². The van der Waals surface area contributed by atoms with Gasteiger partial charge in [0.2, 0.25) is 0 Å². The largest absolute Gasteiger partial charge is 0.483 e. The first-order chi connectivity index (χ1) is 35.4. The van der Waals surface area contributed by atoms with Gasteiger partial charge < -0.3 is 29.5 Å². The summed E-state index contributed by atoms with van der Waals surface area (Å²) in [5.74, 6) is 2.32. The van der Waals surface area contributed by atoms with Crippen molar-refractivity contribution in [3.05, 3.63) is 228 Å². The average molecular weight is 1040 g/mol. The molecule has 6 nitrogen and oxygen atoms in total. The Morgan fingerprint density at radius 2 is 0.429 bits per heavy atom. The highest BCUT2D eigenvalue weighted by molar-refractivity contribution is 5.54. The van der Waals surface area contributed by atoms with Crippen LogP contribution in [0.25, 0.3) is 0 Å². The van der Waals surface area contributed by atoms with Crippen molar-refractivity contribution >= 4 is 0 Å². The van der Waals surface area contributed by atoms with E-state index >= 15 is 0 Å². The van der Waals surface area contributed by atoms with Crippen molar-refractivity contribution < 1.29 is 29.5 Å². The molecule has 0 saturated carbocycles. The second-order valence-electron chi connectivity index (χ2n) is 25.9. The van der Waals surface area contributed by atoms with Crippen LogP contribution in [-0.2, 0) is 44.4 Å². The summed E-state index contributed by atoms with van der Waals surface area (Å²) in [6.07, 6.45) is 0. The molecule has 408 valence electrons. The van der Waals surface area contributed by atoms with Crippen molar-refractivity contribution in [3.63, 3.8) is 0 Å². The van der Waals surface area contributed by atoms with Gasteiger partial charge in [-0.3, -0.25) is 0 Å². The van der Waals surface area contributed by atoms with Crippen LogP contribution in [0.1, 0.15) is 198 Å². The molecule has 0 amide bonds. The van der Waals surface area contributed by atoms with Gasteiger partial charge in [0.25, 0.3) is 0 Å². The lowest BCUT2D eigenvalue weighted by atomic mass is 9.69. The fraction of sp³-hybridized carbons (Fsp3) is 0.408. The molecule has 0 unspecified atom stereocenters. The Bertz CT molecular complexity index is 3040. The van der Waals surface area contributed by atoms with Gasteiger partial charge in [-0.25, -0.2) is 0 Å². The van der Waals surface area contributed by atoms with Crippen LogP contribution >= 0.6 is 0 Å². The van der Waals surface area contributed by atoms with Crippen molar-refractivity contribution in [2.24, 2.45) is 0 Å².